The number of benzene rings is 2. The molecule has 2 fully saturated rings. The van der Waals surface area contributed by atoms with E-state index in [1.165, 1.54) is 12.8 Å². The van der Waals surface area contributed by atoms with E-state index in [2.05, 4.69) is 25.8 Å². The summed E-state index contributed by atoms with van der Waals surface area (Å²) in [6.45, 7) is 4.26. The number of amides is 1. The van der Waals surface area contributed by atoms with Crippen LogP contribution in [0.25, 0.3) is 22.0 Å². The highest BCUT2D eigenvalue weighted by Gasteiger charge is 2.32. The average Bonchev–Trinajstić information content (AvgIpc) is 3.70. The summed E-state index contributed by atoms with van der Waals surface area (Å²) in [7, 11) is 0. The Morgan fingerprint density at radius 3 is 2.62 bits per heavy atom. The number of hydrogen-bond donors (Lipinski definition) is 2. The molecular formula is C30H31Cl2N5O2. The number of nitrogen functional groups attached to an aromatic ring is 1. The van der Waals surface area contributed by atoms with Crippen molar-refractivity contribution in [1.82, 2.24) is 19.8 Å². The molecule has 7 nitrogen and oxygen atoms in total. The van der Waals surface area contributed by atoms with Crippen LogP contribution >= 0.6 is 23.2 Å². The number of likely N-dealkylation sites (tertiary alicyclic amines) is 2. The fourth-order valence-electron chi connectivity index (χ4n) is 5.69. The maximum atomic E-state index is 13.5. The van der Waals surface area contributed by atoms with E-state index in [9.17, 15) is 4.79 Å². The van der Waals surface area contributed by atoms with Gasteiger partial charge in [0.05, 0.1) is 0 Å². The summed E-state index contributed by atoms with van der Waals surface area (Å²) in [6, 6.07) is 15.5. The number of hydrogen-bond acceptors (Lipinski definition) is 5. The molecule has 202 valence electrons. The Labute approximate surface area is 237 Å². The van der Waals surface area contributed by atoms with Crippen LogP contribution in [0.5, 0.6) is 5.75 Å². The number of nitrogens with two attached hydrogens (primary N) is 1. The Bertz CT molecular complexity index is 1490. The summed E-state index contributed by atoms with van der Waals surface area (Å²) >= 11 is 12.6. The molecular weight excluding hydrogens is 533 g/mol. The van der Waals surface area contributed by atoms with Gasteiger partial charge >= 0.3 is 0 Å². The van der Waals surface area contributed by atoms with Crippen molar-refractivity contribution in [2.24, 2.45) is 0 Å². The fourth-order valence-corrected chi connectivity index (χ4v) is 6.19. The van der Waals surface area contributed by atoms with Crippen LogP contribution in [0, 0.1) is 0 Å². The zero-order chi connectivity index (χ0) is 26.9. The predicted molar refractivity (Wildman–Crippen MR) is 156 cm³/mol. The van der Waals surface area contributed by atoms with E-state index in [4.69, 9.17) is 33.7 Å². The van der Waals surface area contributed by atoms with Crippen molar-refractivity contribution < 1.29 is 9.53 Å². The van der Waals surface area contributed by atoms with Crippen molar-refractivity contribution in [3.63, 3.8) is 0 Å². The van der Waals surface area contributed by atoms with Crippen LogP contribution in [0.15, 0.2) is 54.7 Å². The number of nitrogens with one attached hydrogen (secondary N) is 1. The Morgan fingerprint density at radius 2 is 1.82 bits per heavy atom. The van der Waals surface area contributed by atoms with Gasteiger partial charge < -0.3 is 25.3 Å². The van der Waals surface area contributed by atoms with Gasteiger partial charge in [0.1, 0.15) is 12.3 Å². The first-order chi connectivity index (χ1) is 19.0. The molecule has 0 spiro atoms. The average molecular weight is 565 g/mol. The van der Waals surface area contributed by atoms with E-state index in [1.807, 2.05) is 24.3 Å². The molecule has 4 heterocycles. The third-order valence-corrected chi connectivity index (χ3v) is 8.51. The molecule has 39 heavy (non-hydrogen) atoms. The Hall–Kier alpha value is -3.26. The fraction of sp³-hybridized carbons (Fsp3) is 0.333. The van der Waals surface area contributed by atoms with E-state index in [-0.39, 0.29) is 24.4 Å². The monoisotopic (exact) mass is 563 g/mol. The van der Waals surface area contributed by atoms with Crippen LogP contribution in [0.1, 0.15) is 41.7 Å². The first kappa shape index (κ1) is 26.0. The van der Waals surface area contributed by atoms with E-state index >= 15 is 0 Å². The minimum Gasteiger partial charge on any atom is -0.485 e. The summed E-state index contributed by atoms with van der Waals surface area (Å²) in [5, 5.41) is 2.03. The number of halogens is 2. The lowest BCUT2D eigenvalue weighted by Gasteiger charge is -2.28. The number of anilines is 1. The number of ether oxygens (including phenoxy) is 1. The number of aromatic amines is 1. The van der Waals surface area contributed by atoms with Crippen LogP contribution in [-0.4, -0.2) is 57.9 Å². The van der Waals surface area contributed by atoms with Crippen LogP contribution in [0.4, 0.5) is 5.82 Å². The van der Waals surface area contributed by atoms with Gasteiger partial charge in [-0.2, -0.15) is 0 Å². The molecule has 0 bridgehead atoms. The standard InChI is InChI=1S/C30H31Cl2N5O2/c31-24-6-3-7-25(32)23(24)18-39-28-15-21(16-34-29(28)33)19-8-9-26-20(13-19)14-27(35-26)30(38)37-12-4-5-22(37)17-36-10-1-2-11-36/h3,6-9,13-16,22,35H,1-2,4-5,10-12,17-18H2,(H2,33,34)/t22-/m1/s1. The first-order valence-corrected chi connectivity index (χ1v) is 14.2. The van der Waals surface area contributed by atoms with Crippen molar-refractivity contribution in [2.45, 2.75) is 38.3 Å². The van der Waals surface area contributed by atoms with Gasteiger partial charge in [0, 0.05) is 57.4 Å². The molecule has 2 aliphatic rings. The van der Waals surface area contributed by atoms with E-state index in [1.54, 1.807) is 24.4 Å². The van der Waals surface area contributed by atoms with Gasteiger partial charge in [0.2, 0.25) is 0 Å². The van der Waals surface area contributed by atoms with Gasteiger partial charge in [-0.1, -0.05) is 35.3 Å². The van der Waals surface area contributed by atoms with Crippen LogP contribution in [-0.2, 0) is 6.61 Å². The molecule has 0 radical (unpaired) electrons. The quantitative estimate of drug-likeness (QED) is 0.271. The number of carbonyl (C=O) groups is 1. The van der Waals surface area contributed by atoms with Gasteiger partial charge in [-0.05, 0) is 80.7 Å². The molecule has 1 atom stereocenters. The SMILES string of the molecule is Nc1ncc(-c2ccc3[nH]c(C(=O)N4CCC[C@@H]4CN4CCCC4)cc3c2)cc1OCc1c(Cl)cccc1Cl. The zero-order valence-electron chi connectivity index (χ0n) is 21.6. The molecule has 2 aliphatic heterocycles. The summed E-state index contributed by atoms with van der Waals surface area (Å²) in [5.41, 5.74) is 10.1. The highest BCUT2D eigenvalue weighted by Crippen LogP contribution is 2.32. The Balaban J connectivity index is 1.21. The van der Waals surface area contributed by atoms with Crippen molar-refractivity contribution in [3.8, 4) is 16.9 Å². The summed E-state index contributed by atoms with van der Waals surface area (Å²) in [4.78, 5) is 25.7. The number of rotatable bonds is 7. The minimum atomic E-state index is 0.0810. The number of aromatic nitrogens is 2. The molecule has 2 aromatic heterocycles. The molecule has 1 amide bonds. The van der Waals surface area contributed by atoms with Gasteiger partial charge in [-0.25, -0.2) is 4.98 Å². The Morgan fingerprint density at radius 1 is 1.03 bits per heavy atom. The van der Waals surface area contributed by atoms with Gasteiger partial charge in [-0.3, -0.25) is 4.79 Å². The van der Waals surface area contributed by atoms with Crippen molar-refractivity contribution >= 4 is 45.8 Å². The lowest BCUT2D eigenvalue weighted by atomic mass is 10.1. The third-order valence-electron chi connectivity index (χ3n) is 7.81. The second-order valence-electron chi connectivity index (χ2n) is 10.4. The van der Waals surface area contributed by atoms with Gasteiger partial charge in [-0.15, -0.1) is 0 Å². The lowest BCUT2D eigenvalue weighted by Crippen LogP contribution is -2.42. The highest BCUT2D eigenvalue weighted by molar-refractivity contribution is 6.35. The van der Waals surface area contributed by atoms with Gasteiger partial charge in [0.25, 0.3) is 5.91 Å². The maximum absolute atomic E-state index is 13.5. The molecule has 0 saturated carbocycles. The van der Waals surface area contributed by atoms with Crippen LogP contribution in [0.2, 0.25) is 10.0 Å². The second-order valence-corrected chi connectivity index (χ2v) is 11.2. The van der Waals surface area contributed by atoms with Crippen molar-refractivity contribution in [2.75, 3.05) is 31.9 Å². The second kappa shape index (κ2) is 11.1. The Kier molecular flexibility index (Phi) is 7.38. The number of pyridine rings is 1. The molecule has 0 unspecified atom stereocenters. The van der Waals surface area contributed by atoms with Gasteiger partial charge in [0.15, 0.2) is 11.6 Å². The topological polar surface area (TPSA) is 87.5 Å². The number of carbonyl (C=O) groups excluding carboxylic acids is 1. The molecule has 6 rings (SSSR count). The highest BCUT2D eigenvalue weighted by atomic mass is 35.5. The molecule has 0 aliphatic carbocycles. The number of H-pyrrole nitrogens is 1. The minimum absolute atomic E-state index is 0.0810. The van der Waals surface area contributed by atoms with Crippen LogP contribution in [0.3, 0.4) is 0 Å². The maximum Gasteiger partial charge on any atom is 0.270 e. The molecule has 2 saturated heterocycles. The largest absolute Gasteiger partial charge is 0.485 e. The van der Waals surface area contributed by atoms with E-state index < -0.39 is 0 Å². The smallest absolute Gasteiger partial charge is 0.270 e. The number of fused-ring (bicyclic) bond motifs is 1. The summed E-state index contributed by atoms with van der Waals surface area (Å²) in [6.07, 6.45) is 6.38. The zero-order valence-corrected chi connectivity index (χ0v) is 23.1. The summed E-state index contributed by atoms with van der Waals surface area (Å²) < 4.78 is 5.97. The van der Waals surface area contributed by atoms with Crippen molar-refractivity contribution in [1.29, 1.82) is 0 Å². The first-order valence-electron chi connectivity index (χ1n) is 13.4. The summed E-state index contributed by atoms with van der Waals surface area (Å²) in [5.74, 6) is 0.816. The molecule has 9 heteroatoms. The number of nitrogens with zero attached hydrogens (tertiary/aromatic N) is 3. The third kappa shape index (κ3) is 5.44. The lowest BCUT2D eigenvalue weighted by molar-refractivity contribution is 0.0704. The normalized spacial score (nSPS) is 17.8. The molecule has 3 N–H and O–H groups in total. The van der Waals surface area contributed by atoms with E-state index in [0.29, 0.717) is 27.1 Å². The van der Waals surface area contributed by atoms with Crippen LogP contribution < -0.4 is 10.5 Å². The van der Waals surface area contributed by atoms with Crippen molar-refractivity contribution in [3.05, 3.63) is 76.0 Å². The van der Waals surface area contributed by atoms with E-state index in [0.717, 1.165) is 61.1 Å². The predicted octanol–water partition coefficient (Wildman–Crippen LogP) is 6.40. The molecule has 4 aromatic rings. The molecule has 2 aromatic carbocycles.